The molecule has 1 saturated heterocycles. The van der Waals surface area contributed by atoms with E-state index in [1.165, 1.54) is 0 Å². The molecule has 2 aliphatic carbocycles. The highest BCUT2D eigenvalue weighted by Gasteiger charge is 2.66. The molecule has 6 atom stereocenters. The largest absolute Gasteiger partial charge is 0.462 e. The van der Waals surface area contributed by atoms with Crippen LogP contribution in [0.4, 0.5) is 0 Å². The fourth-order valence-electron chi connectivity index (χ4n) is 5.15. The van der Waals surface area contributed by atoms with Gasteiger partial charge < -0.3 is 14.2 Å². The van der Waals surface area contributed by atoms with Gasteiger partial charge >= 0.3 is 11.9 Å². The average Bonchev–Trinajstić information content (AvgIpc) is 3.37. The van der Waals surface area contributed by atoms with Crippen LogP contribution >= 0.6 is 0 Å². The molecule has 5 heteroatoms. The molecule has 6 unspecified atom stereocenters. The van der Waals surface area contributed by atoms with Gasteiger partial charge in [0.1, 0.15) is 0 Å². The van der Waals surface area contributed by atoms with E-state index >= 15 is 0 Å². The second kappa shape index (κ2) is 10.8. The Bertz CT molecular complexity index is 587. The summed E-state index contributed by atoms with van der Waals surface area (Å²) < 4.78 is 17.2. The van der Waals surface area contributed by atoms with Gasteiger partial charge in [-0.25, -0.2) is 9.59 Å². The van der Waals surface area contributed by atoms with E-state index in [2.05, 4.69) is 27.7 Å². The highest BCUT2D eigenvalue weighted by Crippen LogP contribution is 2.59. The van der Waals surface area contributed by atoms with Gasteiger partial charge in [0.15, 0.2) is 0 Å². The van der Waals surface area contributed by atoms with Gasteiger partial charge in [-0.1, -0.05) is 66.2 Å². The van der Waals surface area contributed by atoms with Crippen LogP contribution in [-0.4, -0.2) is 37.4 Å². The van der Waals surface area contributed by atoms with Crippen molar-refractivity contribution in [2.75, 3.05) is 13.2 Å². The zero-order chi connectivity index (χ0) is 21.7. The third-order valence-corrected chi connectivity index (χ3v) is 7.32. The van der Waals surface area contributed by atoms with Crippen molar-refractivity contribution in [1.82, 2.24) is 0 Å². The predicted octanol–water partition coefficient (Wildman–Crippen LogP) is 5.22. The topological polar surface area (TPSA) is 65.1 Å². The molecule has 30 heavy (non-hydrogen) atoms. The van der Waals surface area contributed by atoms with Gasteiger partial charge in [-0.3, -0.25) is 0 Å². The molecule has 0 radical (unpaired) electrons. The van der Waals surface area contributed by atoms with E-state index in [1.54, 1.807) is 0 Å². The third-order valence-electron chi connectivity index (χ3n) is 7.32. The second-order valence-electron chi connectivity index (χ2n) is 9.37. The molecular weight excluding hydrogens is 380 g/mol. The summed E-state index contributed by atoms with van der Waals surface area (Å²) in [5.74, 6) is 0.142. The van der Waals surface area contributed by atoms with Crippen LogP contribution in [0.3, 0.4) is 0 Å². The van der Waals surface area contributed by atoms with Crippen LogP contribution < -0.4 is 0 Å². The number of carbonyl (C=O) groups is 2. The number of carbonyl (C=O) groups excluding carboxylic acids is 2. The van der Waals surface area contributed by atoms with Crippen molar-refractivity contribution in [3.63, 3.8) is 0 Å². The molecule has 0 spiro atoms. The van der Waals surface area contributed by atoms with E-state index in [1.807, 2.05) is 0 Å². The Balaban J connectivity index is 1.64. The lowest BCUT2D eigenvalue weighted by atomic mass is 9.91. The number of esters is 2. The summed E-state index contributed by atoms with van der Waals surface area (Å²) >= 11 is 0. The van der Waals surface area contributed by atoms with Crippen LogP contribution in [0, 0.1) is 23.7 Å². The Morgan fingerprint density at radius 3 is 1.63 bits per heavy atom. The van der Waals surface area contributed by atoms with Crippen LogP contribution in [0.2, 0.25) is 0 Å². The Labute approximate surface area is 181 Å². The van der Waals surface area contributed by atoms with Crippen LogP contribution in [0.1, 0.15) is 85.5 Å². The molecule has 0 aromatic carbocycles. The van der Waals surface area contributed by atoms with Crippen molar-refractivity contribution in [2.24, 2.45) is 23.7 Å². The summed E-state index contributed by atoms with van der Waals surface area (Å²) in [7, 11) is 0. The quantitative estimate of drug-likeness (QED) is 0.285. The Kier molecular flexibility index (Phi) is 8.38. The molecule has 3 aliphatic rings. The molecule has 2 bridgehead atoms. The molecule has 3 rings (SSSR count). The molecule has 1 heterocycles. The molecule has 5 nitrogen and oxygen atoms in total. The van der Waals surface area contributed by atoms with E-state index in [0.717, 1.165) is 57.8 Å². The van der Waals surface area contributed by atoms with E-state index in [4.69, 9.17) is 14.2 Å². The second-order valence-corrected chi connectivity index (χ2v) is 9.37. The van der Waals surface area contributed by atoms with Gasteiger partial charge in [0.05, 0.1) is 36.6 Å². The van der Waals surface area contributed by atoms with Gasteiger partial charge in [-0.2, -0.15) is 0 Å². The number of ether oxygens (including phenoxy) is 3. The fraction of sp³-hybridized carbons (Fsp3) is 0.840. The molecule has 1 saturated carbocycles. The molecular formula is C25H40O5. The average molecular weight is 421 g/mol. The Morgan fingerprint density at radius 1 is 0.833 bits per heavy atom. The molecule has 170 valence electrons. The molecule has 0 aromatic heterocycles. The van der Waals surface area contributed by atoms with Crippen molar-refractivity contribution >= 4 is 11.9 Å². The molecule has 0 aromatic rings. The lowest BCUT2D eigenvalue weighted by Crippen LogP contribution is -2.27. The van der Waals surface area contributed by atoms with Gasteiger partial charge in [-0.05, 0) is 31.1 Å². The minimum absolute atomic E-state index is 0.00725. The smallest absolute Gasteiger partial charge is 0.334 e. The van der Waals surface area contributed by atoms with Crippen molar-refractivity contribution in [3.05, 3.63) is 11.1 Å². The minimum atomic E-state index is -0.323. The first-order valence-electron chi connectivity index (χ1n) is 12.3. The zero-order valence-corrected chi connectivity index (χ0v) is 19.3. The molecule has 0 amide bonds. The summed E-state index contributed by atoms with van der Waals surface area (Å²) in [6, 6.07) is 0. The summed E-state index contributed by atoms with van der Waals surface area (Å²) in [5.41, 5.74) is 1.10. The highest BCUT2D eigenvalue weighted by atomic mass is 16.6. The standard InChI is InChI=1S/C25H40O5/c1-5-9-11-16(7-3)14-28-24(26)20-18-13-19(23-22(18)30-23)21(20)25(27)29-15-17(8-4)12-10-6-2/h16-19,22-23H,5-15H2,1-4H3. The number of fused-ring (bicyclic) bond motifs is 5. The first-order valence-corrected chi connectivity index (χ1v) is 12.3. The first kappa shape index (κ1) is 23.3. The molecule has 2 fully saturated rings. The maximum atomic E-state index is 13.0. The summed E-state index contributed by atoms with van der Waals surface area (Å²) in [4.78, 5) is 26.0. The van der Waals surface area contributed by atoms with Crippen LogP contribution in [-0.2, 0) is 23.8 Å². The maximum Gasteiger partial charge on any atom is 0.334 e. The molecule has 1 aliphatic heterocycles. The summed E-state index contributed by atoms with van der Waals surface area (Å²) in [5, 5.41) is 0. The monoisotopic (exact) mass is 420 g/mol. The number of hydrogen-bond donors (Lipinski definition) is 0. The Hall–Kier alpha value is -1.36. The van der Waals surface area contributed by atoms with E-state index < -0.39 is 0 Å². The van der Waals surface area contributed by atoms with Gasteiger partial charge in [0.25, 0.3) is 0 Å². The van der Waals surface area contributed by atoms with Crippen molar-refractivity contribution < 1.29 is 23.8 Å². The SMILES string of the molecule is CCCCC(CC)COC(=O)C1=C(C(=O)OCC(CC)CCCC)C2CC1C1OC21. The number of unbranched alkanes of at least 4 members (excludes halogenated alkanes) is 2. The maximum absolute atomic E-state index is 13.0. The normalized spacial score (nSPS) is 28.3. The van der Waals surface area contributed by atoms with Gasteiger partial charge in [-0.15, -0.1) is 0 Å². The third kappa shape index (κ3) is 5.09. The van der Waals surface area contributed by atoms with Crippen LogP contribution in [0.25, 0.3) is 0 Å². The number of rotatable bonds is 14. The summed E-state index contributed by atoms with van der Waals surface area (Å²) in [6.07, 6.45) is 9.75. The highest BCUT2D eigenvalue weighted by molar-refractivity contribution is 6.03. The Morgan fingerprint density at radius 2 is 1.27 bits per heavy atom. The van der Waals surface area contributed by atoms with Crippen LogP contribution in [0.5, 0.6) is 0 Å². The number of hydrogen-bond acceptors (Lipinski definition) is 5. The molecule has 0 N–H and O–H groups in total. The van der Waals surface area contributed by atoms with Gasteiger partial charge in [0, 0.05) is 11.8 Å². The minimum Gasteiger partial charge on any atom is -0.462 e. The lowest BCUT2D eigenvalue weighted by Gasteiger charge is -2.20. The lowest BCUT2D eigenvalue weighted by molar-refractivity contribution is -0.144. The fourth-order valence-corrected chi connectivity index (χ4v) is 5.15. The van der Waals surface area contributed by atoms with Gasteiger partial charge in [0.2, 0.25) is 0 Å². The van der Waals surface area contributed by atoms with E-state index in [0.29, 0.717) is 36.2 Å². The summed E-state index contributed by atoms with van der Waals surface area (Å²) in [6.45, 7) is 9.49. The van der Waals surface area contributed by atoms with Crippen LogP contribution in [0.15, 0.2) is 11.1 Å². The predicted molar refractivity (Wildman–Crippen MR) is 116 cm³/mol. The van der Waals surface area contributed by atoms with Crippen molar-refractivity contribution in [1.29, 1.82) is 0 Å². The first-order chi connectivity index (χ1) is 14.5. The van der Waals surface area contributed by atoms with Crippen molar-refractivity contribution in [2.45, 2.75) is 97.7 Å². The van der Waals surface area contributed by atoms with E-state index in [9.17, 15) is 9.59 Å². The zero-order valence-electron chi connectivity index (χ0n) is 19.3. The van der Waals surface area contributed by atoms with Crippen molar-refractivity contribution in [3.8, 4) is 0 Å². The number of epoxide rings is 1. The van der Waals surface area contributed by atoms with E-state index in [-0.39, 0.29) is 36.0 Å².